The Labute approximate surface area is 166 Å². The third kappa shape index (κ3) is 3.90. The molecule has 0 radical (unpaired) electrons. The van der Waals surface area contributed by atoms with Gasteiger partial charge >= 0.3 is 0 Å². The Morgan fingerprint density at radius 1 is 1.26 bits per heavy atom. The van der Waals surface area contributed by atoms with Gasteiger partial charge in [0, 0.05) is 13.0 Å². The summed E-state index contributed by atoms with van der Waals surface area (Å²) in [6.07, 6.45) is 15.0. The molecule has 3 nitrogen and oxygen atoms in total. The van der Waals surface area contributed by atoms with Gasteiger partial charge in [0.2, 0.25) is 6.79 Å². The van der Waals surface area contributed by atoms with Crippen LogP contribution in [0.1, 0.15) is 72.1 Å². The molecule has 0 N–H and O–H groups in total. The SMILES string of the molecule is C=C/C=C1/CCC2C(CCC3(C)C(/C(C)=N/OCOC)CCC23)C1CCC. The van der Waals surface area contributed by atoms with E-state index in [1.54, 1.807) is 12.7 Å². The van der Waals surface area contributed by atoms with E-state index in [9.17, 15) is 0 Å². The van der Waals surface area contributed by atoms with Crippen LogP contribution in [-0.2, 0) is 9.57 Å². The highest BCUT2D eigenvalue weighted by Gasteiger charge is 2.56. The number of allylic oxidation sites excluding steroid dienone is 3. The van der Waals surface area contributed by atoms with Gasteiger partial charge in [0.1, 0.15) is 0 Å². The molecule has 3 rings (SSSR count). The van der Waals surface area contributed by atoms with E-state index in [1.807, 2.05) is 6.08 Å². The van der Waals surface area contributed by atoms with Crippen molar-refractivity contribution in [3.05, 3.63) is 24.3 Å². The first kappa shape index (κ1) is 20.6. The largest absolute Gasteiger partial charge is 0.367 e. The highest BCUT2D eigenvalue weighted by Crippen LogP contribution is 2.63. The zero-order valence-corrected chi connectivity index (χ0v) is 17.9. The molecule has 152 valence electrons. The number of ether oxygens (including phenoxy) is 1. The lowest BCUT2D eigenvalue weighted by atomic mass is 9.51. The van der Waals surface area contributed by atoms with Crippen molar-refractivity contribution in [2.24, 2.45) is 40.2 Å². The van der Waals surface area contributed by atoms with Crippen LogP contribution < -0.4 is 0 Å². The van der Waals surface area contributed by atoms with Gasteiger partial charge in [-0.3, -0.25) is 0 Å². The van der Waals surface area contributed by atoms with Crippen molar-refractivity contribution in [2.45, 2.75) is 72.1 Å². The molecule has 0 heterocycles. The summed E-state index contributed by atoms with van der Waals surface area (Å²) in [5.41, 5.74) is 3.24. The van der Waals surface area contributed by atoms with Gasteiger partial charge < -0.3 is 9.57 Å². The molecule has 3 fully saturated rings. The summed E-state index contributed by atoms with van der Waals surface area (Å²) in [6, 6.07) is 0. The number of rotatable bonds is 7. The van der Waals surface area contributed by atoms with Crippen LogP contribution in [-0.4, -0.2) is 19.6 Å². The normalized spacial score (nSPS) is 40.5. The van der Waals surface area contributed by atoms with Crippen molar-refractivity contribution in [1.82, 2.24) is 0 Å². The first-order valence-corrected chi connectivity index (χ1v) is 11.0. The second-order valence-electron chi connectivity index (χ2n) is 9.29. The van der Waals surface area contributed by atoms with Crippen molar-refractivity contribution < 1.29 is 9.57 Å². The third-order valence-electron chi connectivity index (χ3n) is 8.07. The molecular weight excluding hydrogens is 334 g/mol. The lowest BCUT2D eigenvalue weighted by Crippen LogP contribution is -2.46. The first-order valence-electron chi connectivity index (χ1n) is 11.0. The van der Waals surface area contributed by atoms with Crippen LogP contribution in [0, 0.1) is 35.0 Å². The predicted octanol–water partition coefficient (Wildman–Crippen LogP) is 6.36. The minimum absolute atomic E-state index is 0.242. The summed E-state index contributed by atoms with van der Waals surface area (Å²) in [5.74, 6) is 3.97. The molecule has 0 amide bonds. The van der Waals surface area contributed by atoms with Gasteiger partial charge in [0.05, 0.1) is 5.71 Å². The standard InChI is InChI=1S/C24H39NO2/c1-6-8-18-10-11-21-20(19(18)9-7-2)14-15-24(4)22(12-13-23(21)24)17(3)25-27-16-26-5/h6,8,19-23H,1,7,9-16H2,2-5H3/b18-8-,25-17+. The lowest BCUT2D eigenvalue weighted by Gasteiger charge is -2.53. The van der Waals surface area contributed by atoms with Crippen LogP contribution in [0.3, 0.4) is 0 Å². The van der Waals surface area contributed by atoms with Crippen molar-refractivity contribution in [3.63, 3.8) is 0 Å². The topological polar surface area (TPSA) is 30.8 Å². The van der Waals surface area contributed by atoms with E-state index < -0.39 is 0 Å². The Morgan fingerprint density at radius 3 is 2.78 bits per heavy atom. The van der Waals surface area contributed by atoms with E-state index in [4.69, 9.17) is 9.57 Å². The van der Waals surface area contributed by atoms with E-state index in [-0.39, 0.29) is 6.79 Å². The van der Waals surface area contributed by atoms with Crippen molar-refractivity contribution >= 4 is 5.71 Å². The summed E-state index contributed by atoms with van der Waals surface area (Å²) in [4.78, 5) is 5.33. The molecular formula is C24H39NO2. The Bertz CT molecular complexity index is 581. The monoisotopic (exact) mass is 373 g/mol. The second kappa shape index (κ2) is 8.94. The minimum atomic E-state index is 0.242. The number of hydrogen-bond acceptors (Lipinski definition) is 3. The van der Waals surface area contributed by atoms with Gasteiger partial charge in [-0.15, -0.1) is 0 Å². The van der Waals surface area contributed by atoms with Crippen LogP contribution in [0.2, 0.25) is 0 Å². The van der Waals surface area contributed by atoms with Crippen molar-refractivity contribution in [3.8, 4) is 0 Å². The maximum Gasteiger partial charge on any atom is 0.216 e. The fourth-order valence-corrected chi connectivity index (χ4v) is 7.02. The molecule has 0 aliphatic heterocycles. The van der Waals surface area contributed by atoms with E-state index >= 15 is 0 Å². The number of nitrogens with zero attached hydrogens (tertiary/aromatic N) is 1. The van der Waals surface area contributed by atoms with E-state index in [2.05, 4.69) is 38.6 Å². The average Bonchev–Trinajstić information content (AvgIpc) is 3.01. The van der Waals surface area contributed by atoms with E-state index in [0.29, 0.717) is 11.3 Å². The Kier molecular flexibility index (Phi) is 6.83. The molecule has 0 aromatic heterocycles. The molecule has 3 heteroatoms. The average molecular weight is 374 g/mol. The lowest BCUT2D eigenvalue weighted by molar-refractivity contribution is -0.0316. The highest BCUT2D eigenvalue weighted by atomic mass is 16.7. The fraction of sp³-hybridized carbons (Fsp3) is 0.792. The maximum absolute atomic E-state index is 5.33. The number of methoxy groups -OCH3 is 1. The molecule has 3 aliphatic carbocycles. The smallest absolute Gasteiger partial charge is 0.216 e. The highest BCUT2D eigenvalue weighted by molar-refractivity contribution is 5.85. The van der Waals surface area contributed by atoms with Crippen LogP contribution >= 0.6 is 0 Å². The zero-order valence-electron chi connectivity index (χ0n) is 17.9. The zero-order chi connectivity index (χ0) is 19.4. The van der Waals surface area contributed by atoms with Gasteiger partial charge in [-0.1, -0.05) is 49.7 Å². The number of oxime groups is 1. The predicted molar refractivity (Wildman–Crippen MR) is 113 cm³/mol. The molecule has 0 saturated heterocycles. The molecule has 0 spiro atoms. The summed E-state index contributed by atoms with van der Waals surface area (Å²) in [5, 5.41) is 4.39. The first-order chi connectivity index (χ1) is 13.1. The van der Waals surface area contributed by atoms with Crippen molar-refractivity contribution in [1.29, 1.82) is 0 Å². The van der Waals surface area contributed by atoms with Gasteiger partial charge in [0.25, 0.3) is 0 Å². The number of hydrogen-bond donors (Lipinski definition) is 0. The summed E-state index contributed by atoms with van der Waals surface area (Å²) in [7, 11) is 1.64. The molecule has 3 saturated carbocycles. The van der Waals surface area contributed by atoms with E-state index in [1.165, 1.54) is 57.1 Å². The Morgan fingerprint density at radius 2 is 2.07 bits per heavy atom. The van der Waals surface area contributed by atoms with Crippen LogP contribution in [0.25, 0.3) is 0 Å². The Hall–Kier alpha value is -1.09. The van der Waals surface area contributed by atoms with Gasteiger partial charge in [-0.25, -0.2) is 0 Å². The molecule has 0 aromatic rings. The molecule has 27 heavy (non-hydrogen) atoms. The van der Waals surface area contributed by atoms with Gasteiger partial charge in [0.15, 0.2) is 0 Å². The fourth-order valence-electron chi connectivity index (χ4n) is 7.02. The van der Waals surface area contributed by atoms with Crippen LogP contribution in [0.4, 0.5) is 0 Å². The number of fused-ring (bicyclic) bond motifs is 3. The summed E-state index contributed by atoms with van der Waals surface area (Å²) in [6.45, 7) is 11.3. The summed E-state index contributed by atoms with van der Waals surface area (Å²) < 4.78 is 4.98. The Balaban J connectivity index is 1.79. The van der Waals surface area contributed by atoms with Crippen LogP contribution in [0.5, 0.6) is 0 Å². The second-order valence-corrected chi connectivity index (χ2v) is 9.29. The minimum Gasteiger partial charge on any atom is -0.367 e. The van der Waals surface area contributed by atoms with Gasteiger partial charge in [-0.05, 0) is 81.0 Å². The van der Waals surface area contributed by atoms with Gasteiger partial charge in [-0.2, -0.15) is 0 Å². The van der Waals surface area contributed by atoms with Crippen molar-refractivity contribution in [2.75, 3.05) is 13.9 Å². The molecule has 6 atom stereocenters. The summed E-state index contributed by atoms with van der Waals surface area (Å²) >= 11 is 0. The van der Waals surface area contributed by atoms with Crippen LogP contribution in [0.15, 0.2) is 29.5 Å². The molecule has 0 aromatic carbocycles. The molecule has 6 unspecified atom stereocenters. The third-order valence-corrected chi connectivity index (χ3v) is 8.07. The maximum atomic E-state index is 5.33. The molecule has 3 aliphatic rings. The quantitative estimate of drug-likeness (QED) is 0.225. The molecule has 0 bridgehead atoms. The van der Waals surface area contributed by atoms with E-state index in [0.717, 1.165) is 23.7 Å².